The summed E-state index contributed by atoms with van der Waals surface area (Å²) >= 11 is 0. The number of ether oxygens (including phenoxy) is 2. The summed E-state index contributed by atoms with van der Waals surface area (Å²) in [6, 6.07) is 4.64. The van der Waals surface area contributed by atoms with Crippen LogP contribution in [0.3, 0.4) is 0 Å². The number of benzene rings is 1. The Morgan fingerprint density at radius 3 is 2.60 bits per heavy atom. The minimum atomic E-state index is -2.82. The summed E-state index contributed by atoms with van der Waals surface area (Å²) in [5, 5.41) is 0. The summed E-state index contributed by atoms with van der Waals surface area (Å²) in [6.07, 6.45) is 0. The molecule has 0 bridgehead atoms. The van der Waals surface area contributed by atoms with Crippen LogP contribution in [0.5, 0.6) is 5.75 Å². The Kier molecular flexibility index (Phi) is 3.66. The zero-order chi connectivity index (χ0) is 11.4. The Morgan fingerprint density at radius 1 is 1.40 bits per heavy atom. The van der Waals surface area contributed by atoms with Gasteiger partial charge in [0.25, 0.3) is 0 Å². The molecule has 0 saturated carbocycles. The van der Waals surface area contributed by atoms with Crippen molar-refractivity contribution in [2.24, 2.45) is 0 Å². The van der Waals surface area contributed by atoms with E-state index < -0.39 is 6.61 Å². The highest BCUT2D eigenvalue weighted by Gasteiger charge is 2.08. The van der Waals surface area contributed by atoms with Gasteiger partial charge in [0, 0.05) is 5.56 Å². The smallest absolute Gasteiger partial charge is 0.387 e. The van der Waals surface area contributed by atoms with Crippen LogP contribution in [0.15, 0.2) is 24.8 Å². The van der Waals surface area contributed by atoms with Gasteiger partial charge in [-0.2, -0.15) is 8.78 Å². The van der Waals surface area contributed by atoms with Crippen molar-refractivity contribution >= 4 is 5.76 Å². The molecular weight excluding hydrogens is 202 g/mol. The minimum Gasteiger partial charge on any atom is -0.497 e. The molecule has 0 atom stereocenters. The molecule has 0 aliphatic carbocycles. The normalized spacial score (nSPS) is 10.2. The first-order valence-corrected chi connectivity index (χ1v) is 4.33. The van der Waals surface area contributed by atoms with Crippen LogP contribution >= 0.6 is 0 Å². The summed E-state index contributed by atoms with van der Waals surface area (Å²) in [5.41, 5.74) is 1.55. The SMILES string of the molecule is C=C(OC)c1cc(OC(F)F)ccc1C. The molecule has 0 aliphatic heterocycles. The maximum absolute atomic E-state index is 12.0. The zero-order valence-electron chi connectivity index (χ0n) is 8.59. The largest absolute Gasteiger partial charge is 0.497 e. The van der Waals surface area contributed by atoms with Gasteiger partial charge in [-0.25, -0.2) is 0 Å². The van der Waals surface area contributed by atoms with E-state index in [1.165, 1.54) is 19.2 Å². The van der Waals surface area contributed by atoms with Gasteiger partial charge in [-0.3, -0.25) is 0 Å². The Morgan fingerprint density at radius 2 is 2.07 bits per heavy atom. The van der Waals surface area contributed by atoms with Gasteiger partial charge in [0.15, 0.2) is 0 Å². The van der Waals surface area contributed by atoms with Crippen LogP contribution in [0, 0.1) is 6.92 Å². The third-order valence-electron chi connectivity index (χ3n) is 1.98. The van der Waals surface area contributed by atoms with Crippen LogP contribution in [-0.2, 0) is 4.74 Å². The van der Waals surface area contributed by atoms with Gasteiger partial charge in [-0.1, -0.05) is 12.6 Å². The Balaban J connectivity index is 3.00. The van der Waals surface area contributed by atoms with Crippen molar-refractivity contribution in [2.45, 2.75) is 13.5 Å². The van der Waals surface area contributed by atoms with E-state index in [0.717, 1.165) is 5.56 Å². The second kappa shape index (κ2) is 4.77. The van der Waals surface area contributed by atoms with Gasteiger partial charge in [0.05, 0.1) is 7.11 Å². The van der Waals surface area contributed by atoms with Crippen LogP contribution in [0.2, 0.25) is 0 Å². The molecule has 1 aromatic carbocycles. The van der Waals surface area contributed by atoms with E-state index in [1.54, 1.807) is 6.07 Å². The maximum atomic E-state index is 12.0. The number of aryl methyl sites for hydroxylation is 1. The molecule has 0 N–H and O–H groups in total. The second-order valence-corrected chi connectivity index (χ2v) is 2.98. The lowest BCUT2D eigenvalue weighted by Gasteiger charge is -2.10. The molecule has 0 aromatic heterocycles. The number of alkyl halides is 2. The molecule has 0 heterocycles. The van der Waals surface area contributed by atoms with Gasteiger partial charge in [-0.15, -0.1) is 0 Å². The van der Waals surface area contributed by atoms with E-state index >= 15 is 0 Å². The lowest BCUT2D eigenvalue weighted by Crippen LogP contribution is -2.02. The quantitative estimate of drug-likeness (QED) is 0.716. The third kappa shape index (κ3) is 2.94. The molecule has 0 aliphatic rings. The van der Waals surface area contributed by atoms with Crippen molar-refractivity contribution in [1.82, 2.24) is 0 Å². The summed E-state index contributed by atoms with van der Waals surface area (Å²) < 4.78 is 33.1. The molecule has 1 rings (SSSR count). The standard InChI is InChI=1S/C11H12F2O2/c1-7-4-5-9(15-11(12)13)6-10(7)8(2)14-3/h4-6,11H,2H2,1,3H3. The average Bonchev–Trinajstić information content (AvgIpc) is 2.19. The van der Waals surface area contributed by atoms with Crippen LogP contribution in [-0.4, -0.2) is 13.7 Å². The van der Waals surface area contributed by atoms with Crippen molar-refractivity contribution in [1.29, 1.82) is 0 Å². The number of hydrogen-bond acceptors (Lipinski definition) is 2. The number of rotatable bonds is 4. The lowest BCUT2D eigenvalue weighted by molar-refractivity contribution is -0.0498. The van der Waals surface area contributed by atoms with Crippen LogP contribution < -0.4 is 4.74 Å². The molecule has 15 heavy (non-hydrogen) atoms. The first kappa shape index (κ1) is 11.5. The Bertz CT molecular complexity index is 362. The van der Waals surface area contributed by atoms with Crippen molar-refractivity contribution in [3.63, 3.8) is 0 Å². The third-order valence-corrected chi connectivity index (χ3v) is 1.98. The molecule has 0 spiro atoms. The predicted octanol–water partition coefficient (Wildman–Crippen LogP) is 3.21. The van der Waals surface area contributed by atoms with Crippen molar-refractivity contribution in [3.8, 4) is 5.75 Å². The van der Waals surface area contributed by atoms with E-state index in [4.69, 9.17) is 4.74 Å². The molecule has 0 fully saturated rings. The number of hydrogen-bond donors (Lipinski definition) is 0. The molecule has 0 saturated heterocycles. The highest BCUT2D eigenvalue weighted by atomic mass is 19.3. The Labute approximate surface area is 87.1 Å². The minimum absolute atomic E-state index is 0.101. The van der Waals surface area contributed by atoms with Crippen molar-refractivity contribution in [3.05, 3.63) is 35.9 Å². The molecule has 4 heteroatoms. The van der Waals surface area contributed by atoms with Crippen molar-refractivity contribution in [2.75, 3.05) is 7.11 Å². The van der Waals surface area contributed by atoms with Gasteiger partial charge >= 0.3 is 6.61 Å². The van der Waals surface area contributed by atoms with Crippen LogP contribution in [0.1, 0.15) is 11.1 Å². The van der Waals surface area contributed by atoms with Gasteiger partial charge in [-0.05, 0) is 24.6 Å². The second-order valence-electron chi connectivity index (χ2n) is 2.98. The zero-order valence-corrected chi connectivity index (χ0v) is 8.59. The number of halogens is 2. The van der Waals surface area contributed by atoms with E-state index in [9.17, 15) is 8.78 Å². The monoisotopic (exact) mass is 214 g/mol. The first-order valence-electron chi connectivity index (χ1n) is 4.33. The highest BCUT2D eigenvalue weighted by Crippen LogP contribution is 2.24. The van der Waals surface area contributed by atoms with E-state index in [1.807, 2.05) is 6.92 Å². The van der Waals surface area contributed by atoms with Gasteiger partial charge in [0.1, 0.15) is 11.5 Å². The summed E-state index contributed by atoms with van der Waals surface area (Å²) in [4.78, 5) is 0. The van der Waals surface area contributed by atoms with E-state index in [0.29, 0.717) is 11.3 Å². The van der Waals surface area contributed by atoms with Crippen LogP contribution in [0.4, 0.5) is 8.78 Å². The highest BCUT2D eigenvalue weighted by molar-refractivity contribution is 5.62. The summed E-state index contributed by atoms with van der Waals surface area (Å²) in [6.45, 7) is 2.68. The molecule has 82 valence electrons. The fourth-order valence-corrected chi connectivity index (χ4v) is 1.19. The maximum Gasteiger partial charge on any atom is 0.387 e. The molecule has 0 unspecified atom stereocenters. The Hall–Kier alpha value is -1.58. The average molecular weight is 214 g/mol. The van der Waals surface area contributed by atoms with Crippen molar-refractivity contribution < 1.29 is 18.3 Å². The fourth-order valence-electron chi connectivity index (χ4n) is 1.19. The van der Waals surface area contributed by atoms with Gasteiger partial charge < -0.3 is 9.47 Å². The molecule has 0 radical (unpaired) electrons. The van der Waals surface area contributed by atoms with E-state index in [-0.39, 0.29) is 5.75 Å². The topological polar surface area (TPSA) is 18.5 Å². The molecule has 0 amide bonds. The molecule has 1 aromatic rings. The predicted molar refractivity (Wildman–Crippen MR) is 53.9 cm³/mol. The summed E-state index contributed by atoms with van der Waals surface area (Å²) in [5.74, 6) is 0.524. The molecular formula is C11H12F2O2. The van der Waals surface area contributed by atoms with Crippen LogP contribution in [0.25, 0.3) is 5.76 Å². The van der Waals surface area contributed by atoms with Gasteiger partial charge in [0.2, 0.25) is 0 Å². The molecule has 2 nitrogen and oxygen atoms in total. The lowest BCUT2D eigenvalue weighted by atomic mass is 10.1. The summed E-state index contributed by atoms with van der Waals surface area (Å²) in [7, 11) is 1.47. The fraction of sp³-hybridized carbons (Fsp3) is 0.273. The number of methoxy groups -OCH3 is 1. The van der Waals surface area contributed by atoms with E-state index in [2.05, 4.69) is 11.3 Å². The first-order chi connectivity index (χ1) is 7.04.